The first-order chi connectivity index (χ1) is 9.63. The first-order valence-electron chi connectivity index (χ1n) is 6.81. The van der Waals surface area contributed by atoms with E-state index in [4.69, 9.17) is 4.74 Å². The summed E-state index contributed by atoms with van der Waals surface area (Å²) in [7, 11) is 1.57. The van der Waals surface area contributed by atoms with E-state index in [-0.39, 0.29) is 5.75 Å². The molecule has 0 aliphatic carbocycles. The molecular formula is C17H21NO2. The van der Waals surface area contributed by atoms with Crippen molar-refractivity contribution in [1.29, 1.82) is 0 Å². The number of hydrogen-bond donors (Lipinski definition) is 1. The van der Waals surface area contributed by atoms with E-state index in [0.717, 1.165) is 18.7 Å². The average Bonchev–Trinajstić information content (AvgIpc) is 2.47. The summed E-state index contributed by atoms with van der Waals surface area (Å²) >= 11 is 0. The molecule has 20 heavy (non-hydrogen) atoms. The highest BCUT2D eigenvalue weighted by Crippen LogP contribution is 2.27. The molecule has 3 nitrogen and oxygen atoms in total. The third kappa shape index (κ3) is 3.23. The van der Waals surface area contributed by atoms with Gasteiger partial charge in [0.25, 0.3) is 0 Å². The lowest BCUT2D eigenvalue weighted by Crippen LogP contribution is -2.21. The van der Waals surface area contributed by atoms with Crippen molar-refractivity contribution in [2.75, 3.05) is 18.6 Å². The van der Waals surface area contributed by atoms with E-state index in [1.54, 1.807) is 13.2 Å². The van der Waals surface area contributed by atoms with E-state index in [9.17, 15) is 5.11 Å². The number of rotatable bonds is 5. The maximum atomic E-state index is 9.64. The van der Waals surface area contributed by atoms with Gasteiger partial charge in [0.1, 0.15) is 0 Å². The molecule has 2 aromatic carbocycles. The van der Waals surface area contributed by atoms with Crippen LogP contribution in [0.3, 0.4) is 0 Å². The fourth-order valence-electron chi connectivity index (χ4n) is 2.18. The SMILES string of the molecule is CCN(Cc1ccc(O)c(OC)c1)c1ccc(C)cc1. The molecule has 0 bridgehead atoms. The highest BCUT2D eigenvalue weighted by Gasteiger charge is 2.08. The number of phenolic OH excluding ortho intramolecular Hbond substituents is 1. The van der Waals surface area contributed by atoms with Gasteiger partial charge in [0.05, 0.1) is 7.11 Å². The Morgan fingerprint density at radius 1 is 1.10 bits per heavy atom. The number of ether oxygens (including phenoxy) is 1. The molecular weight excluding hydrogens is 250 g/mol. The van der Waals surface area contributed by atoms with Gasteiger partial charge in [-0.05, 0) is 43.7 Å². The Kier molecular flexibility index (Phi) is 4.51. The number of nitrogens with zero attached hydrogens (tertiary/aromatic N) is 1. The van der Waals surface area contributed by atoms with Crippen molar-refractivity contribution in [3.8, 4) is 11.5 Å². The van der Waals surface area contributed by atoms with Gasteiger partial charge in [-0.15, -0.1) is 0 Å². The lowest BCUT2D eigenvalue weighted by molar-refractivity contribution is 0.373. The monoisotopic (exact) mass is 271 g/mol. The van der Waals surface area contributed by atoms with E-state index in [1.807, 2.05) is 12.1 Å². The minimum atomic E-state index is 0.176. The lowest BCUT2D eigenvalue weighted by Gasteiger charge is -2.23. The van der Waals surface area contributed by atoms with Gasteiger partial charge in [0.2, 0.25) is 0 Å². The summed E-state index contributed by atoms with van der Waals surface area (Å²) in [5, 5.41) is 9.64. The second-order valence-corrected chi connectivity index (χ2v) is 4.86. The normalized spacial score (nSPS) is 10.3. The molecule has 0 aliphatic rings. The van der Waals surface area contributed by atoms with Gasteiger partial charge in [-0.25, -0.2) is 0 Å². The summed E-state index contributed by atoms with van der Waals surface area (Å²) < 4.78 is 5.15. The molecule has 106 valence electrons. The van der Waals surface area contributed by atoms with Crippen LogP contribution >= 0.6 is 0 Å². The Bertz CT molecular complexity index is 564. The van der Waals surface area contributed by atoms with Crippen LogP contribution in [-0.2, 0) is 6.54 Å². The number of phenols is 1. The average molecular weight is 271 g/mol. The Morgan fingerprint density at radius 2 is 1.80 bits per heavy atom. The maximum absolute atomic E-state index is 9.64. The molecule has 0 fully saturated rings. The zero-order valence-electron chi connectivity index (χ0n) is 12.3. The van der Waals surface area contributed by atoms with E-state index in [1.165, 1.54) is 11.3 Å². The lowest BCUT2D eigenvalue weighted by atomic mass is 10.1. The molecule has 2 aromatic rings. The van der Waals surface area contributed by atoms with Crippen LogP contribution in [-0.4, -0.2) is 18.8 Å². The zero-order valence-corrected chi connectivity index (χ0v) is 12.3. The first-order valence-corrected chi connectivity index (χ1v) is 6.81. The van der Waals surface area contributed by atoms with Gasteiger partial charge in [0, 0.05) is 18.8 Å². The molecule has 1 N–H and O–H groups in total. The van der Waals surface area contributed by atoms with Gasteiger partial charge in [-0.1, -0.05) is 23.8 Å². The Hall–Kier alpha value is -2.16. The van der Waals surface area contributed by atoms with Crippen LogP contribution in [0.5, 0.6) is 11.5 Å². The Balaban J connectivity index is 2.19. The van der Waals surface area contributed by atoms with Crippen molar-refractivity contribution in [3.05, 3.63) is 53.6 Å². The fourth-order valence-corrected chi connectivity index (χ4v) is 2.18. The van der Waals surface area contributed by atoms with E-state index < -0.39 is 0 Å². The minimum absolute atomic E-state index is 0.176. The summed E-state index contributed by atoms with van der Waals surface area (Å²) in [6.07, 6.45) is 0. The van der Waals surface area contributed by atoms with Crippen LogP contribution in [0.25, 0.3) is 0 Å². The first kappa shape index (κ1) is 14.3. The Labute approximate surface area is 120 Å². The van der Waals surface area contributed by atoms with Crippen LogP contribution in [0.2, 0.25) is 0 Å². The molecule has 3 heteroatoms. The summed E-state index contributed by atoms with van der Waals surface area (Å²) in [6.45, 7) is 5.94. The van der Waals surface area contributed by atoms with Crippen molar-refractivity contribution < 1.29 is 9.84 Å². The molecule has 0 atom stereocenters. The number of aryl methyl sites for hydroxylation is 1. The summed E-state index contributed by atoms with van der Waals surface area (Å²) in [5.41, 5.74) is 3.57. The molecule has 0 aromatic heterocycles. The number of aromatic hydroxyl groups is 1. The van der Waals surface area contributed by atoms with Crippen molar-refractivity contribution in [1.82, 2.24) is 0 Å². The zero-order chi connectivity index (χ0) is 14.5. The van der Waals surface area contributed by atoms with Gasteiger partial charge < -0.3 is 14.7 Å². The second kappa shape index (κ2) is 6.33. The van der Waals surface area contributed by atoms with E-state index in [0.29, 0.717) is 5.75 Å². The predicted octanol–water partition coefficient (Wildman–Crippen LogP) is 3.74. The molecule has 0 amide bonds. The van der Waals surface area contributed by atoms with Crippen molar-refractivity contribution >= 4 is 5.69 Å². The van der Waals surface area contributed by atoms with E-state index >= 15 is 0 Å². The molecule has 0 aliphatic heterocycles. The van der Waals surface area contributed by atoms with E-state index in [2.05, 4.69) is 43.0 Å². The quantitative estimate of drug-likeness (QED) is 0.899. The van der Waals surface area contributed by atoms with Crippen LogP contribution < -0.4 is 9.64 Å². The smallest absolute Gasteiger partial charge is 0.160 e. The van der Waals surface area contributed by atoms with Gasteiger partial charge in [0.15, 0.2) is 11.5 Å². The highest BCUT2D eigenvalue weighted by atomic mass is 16.5. The molecule has 0 saturated heterocycles. The largest absolute Gasteiger partial charge is 0.504 e. The highest BCUT2D eigenvalue weighted by molar-refractivity contribution is 5.49. The molecule has 0 spiro atoms. The summed E-state index contributed by atoms with van der Waals surface area (Å²) in [6, 6.07) is 14.0. The van der Waals surface area contributed by atoms with Gasteiger partial charge >= 0.3 is 0 Å². The third-order valence-corrected chi connectivity index (χ3v) is 3.40. The number of benzene rings is 2. The van der Waals surface area contributed by atoms with Crippen LogP contribution in [0, 0.1) is 6.92 Å². The van der Waals surface area contributed by atoms with Crippen molar-refractivity contribution in [2.45, 2.75) is 20.4 Å². The molecule has 0 radical (unpaired) electrons. The van der Waals surface area contributed by atoms with Gasteiger partial charge in [-0.3, -0.25) is 0 Å². The molecule has 0 heterocycles. The minimum Gasteiger partial charge on any atom is -0.504 e. The standard InChI is InChI=1S/C17H21NO2/c1-4-18(15-8-5-13(2)6-9-15)12-14-7-10-16(19)17(11-14)20-3/h5-11,19H,4,12H2,1-3H3. The van der Waals surface area contributed by atoms with Crippen LogP contribution in [0.1, 0.15) is 18.1 Å². The fraction of sp³-hybridized carbons (Fsp3) is 0.294. The summed E-state index contributed by atoms with van der Waals surface area (Å²) in [5.74, 6) is 0.692. The number of methoxy groups -OCH3 is 1. The number of anilines is 1. The van der Waals surface area contributed by atoms with Crippen molar-refractivity contribution in [2.24, 2.45) is 0 Å². The Morgan fingerprint density at radius 3 is 2.40 bits per heavy atom. The topological polar surface area (TPSA) is 32.7 Å². The van der Waals surface area contributed by atoms with Gasteiger partial charge in [-0.2, -0.15) is 0 Å². The molecule has 0 unspecified atom stereocenters. The molecule has 2 rings (SSSR count). The van der Waals surface area contributed by atoms with Crippen molar-refractivity contribution in [3.63, 3.8) is 0 Å². The predicted molar refractivity (Wildman–Crippen MR) is 82.6 cm³/mol. The van der Waals surface area contributed by atoms with Crippen LogP contribution in [0.15, 0.2) is 42.5 Å². The maximum Gasteiger partial charge on any atom is 0.160 e. The van der Waals surface area contributed by atoms with Crippen LogP contribution in [0.4, 0.5) is 5.69 Å². The number of hydrogen-bond acceptors (Lipinski definition) is 3. The molecule has 0 saturated carbocycles. The summed E-state index contributed by atoms with van der Waals surface area (Å²) in [4.78, 5) is 2.28. The third-order valence-electron chi connectivity index (χ3n) is 3.40. The second-order valence-electron chi connectivity index (χ2n) is 4.86.